The van der Waals surface area contributed by atoms with Crippen LogP contribution in [-0.2, 0) is 17.6 Å². The van der Waals surface area contributed by atoms with E-state index in [0.29, 0.717) is 28.4 Å². The molecule has 0 saturated carbocycles. The lowest BCUT2D eigenvalue weighted by molar-refractivity contribution is 0.0601. The number of thiophene rings is 1. The SMILES string of the molecule is CCCOc1ccc(-c2cc(C(=O)Nc3sc4c(c3C(=O)OC)CCCCC4)c3ccccc3n2)cc1. The molecular weight excluding hydrogens is 484 g/mol. The summed E-state index contributed by atoms with van der Waals surface area (Å²) in [5.41, 5.74) is 4.34. The van der Waals surface area contributed by atoms with Crippen molar-refractivity contribution in [2.75, 3.05) is 19.0 Å². The number of aryl methyl sites for hydroxylation is 1. The minimum absolute atomic E-state index is 0.274. The third-order valence-electron chi connectivity index (χ3n) is 6.62. The van der Waals surface area contributed by atoms with Gasteiger partial charge < -0.3 is 14.8 Å². The van der Waals surface area contributed by atoms with Crippen LogP contribution in [0.3, 0.4) is 0 Å². The number of nitrogens with one attached hydrogen (secondary N) is 1. The maximum Gasteiger partial charge on any atom is 0.341 e. The lowest BCUT2D eigenvalue weighted by atomic mass is 10.0. The molecule has 0 bridgehead atoms. The smallest absolute Gasteiger partial charge is 0.341 e. The van der Waals surface area contributed by atoms with Gasteiger partial charge in [0.2, 0.25) is 0 Å². The number of carbonyl (C=O) groups is 2. The summed E-state index contributed by atoms with van der Waals surface area (Å²) >= 11 is 1.49. The number of benzene rings is 2. The van der Waals surface area contributed by atoms with Crippen LogP contribution in [0.25, 0.3) is 22.2 Å². The Balaban J connectivity index is 1.52. The van der Waals surface area contributed by atoms with Crippen molar-refractivity contribution in [1.29, 1.82) is 0 Å². The van der Waals surface area contributed by atoms with Gasteiger partial charge in [0, 0.05) is 15.8 Å². The van der Waals surface area contributed by atoms with Gasteiger partial charge >= 0.3 is 5.97 Å². The molecule has 1 N–H and O–H groups in total. The largest absolute Gasteiger partial charge is 0.494 e. The van der Waals surface area contributed by atoms with Gasteiger partial charge in [-0.25, -0.2) is 9.78 Å². The highest BCUT2D eigenvalue weighted by molar-refractivity contribution is 7.17. The van der Waals surface area contributed by atoms with E-state index >= 15 is 0 Å². The Labute approximate surface area is 220 Å². The molecule has 0 saturated heterocycles. The molecule has 0 unspecified atom stereocenters. The second-order valence-electron chi connectivity index (χ2n) is 9.16. The normalized spacial score (nSPS) is 13.0. The van der Waals surface area contributed by atoms with Crippen LogP contribution in [0.4, 0.5) is 5.00 Å². The van der Waals surface area contributed by atoms with Crippen molar-refractivity contribution in [3.8, 4) is 17.0 Å². The molecule has 2 heterocycles. The van der Waals surface area contributed by atoms with Gasteiger partial charge in [-0.2, -0.15) is 0 Å². The molecule has 0 atom stereocenters. The Morgan fingerprint density at radius 2 is 1.81 bits per heavy atom. The number of hydrogen-bond acceptors (Lipinski definition) is 6. The standard InChI is InChI=1S/C30H30N2O4S/c1-3-17-36-20-15-13-19(14-16-20)25-18-23(21-9-7-8-11-24(21)31-25)28(33)32-29-27(30(34)35-2)22-10-5-4-6-12-26(22)37-29/h7-9,11,13-16,18H,3-6,10,12,17H2,1-2H3,(H,32,33). The molecule has 5 rings (SSSR count). The van der Waals surface area contributed by atoms with Crippen molar-refractivity contribution < 1.29 is 19.1 Å². The van der Waals surface area contributed by atoms with Gasteiger partial charge in [0.25, 0.3) is 5.91 Å². The second-order valence-corrected chi connectivity index (χ2v) is 10.3. The molecule has 0 spiro atoms. The molecule has 4 aromatic rings. The highest BCUT2D eigenvalue weighted by Gasteiger charge is 2.27. The number of ether oxygens (including phenoxy) is 2. The van der Waals surface area contributed by atoms with Crippen molar-refractivity contribution in [2.24, 2.45) is 0 Å². The number of hydrogen-bond donors (Lipinski definition) is 1. The number of carbonyl (C=O) groups excluding carboxylic acids is 2. The molecule has 1 aliphatic rings. The van der Waals surface area contributed by atoms with E-state index in [9.17, 15) is 9.59 Å². The number of anilines is 1. The summed E-state index contributed by atoms with van der Waals surface area (Å²) in [4.78, 5) is 32.5. The predicted octanol–water partition coefficient (Wildman–Crippen LogP) is 7.06. The van der Waals surface area contributed by atoms with E-state index in [4.69, 9.17) is 14.5 Å². The molecule has 7 heteroatoms. The Kier molecular flexibility index (Phi) is 7.51. The average molecular weight is 515 g/mol. The van der Waals surface area contributed by atoms with E-state index in [1.54, 1.807) is 0 Å². The third kappa shape index (κ3) is 5.23. The molecule has 190 valence electrons. The van der Waals surface area contributed by atoms with Crippen LogP contribution in [0.1, 0.15) is 63.8 Å². The summed E-state index contributed by atoms with van der Waals surface area (Å²) in [7, 11) is 1.38. The fourth-order valence-electron chi connectivity index (χ4n) is 4.77. The fraction of sp³-hybridized carbons (Fsp3) is 0.300. The van der Waals surface area contributed by atoms with Gasteiger partial charge in [0.05, 0.1) is 36.1 Å². The van der Waals surface area contributed by atoms with Gasteiger partial charge in [-0.3, -0.25) is 4.79 Å². The van der Waals surface area contributed by atoms with Crippen LogP contribution in [-0.4, -0.2) is 30.6 Å². The van der Waals surface area contributed by atoms with Gasteiger partial charge in [0.15, 0.2) is 0 Å². The first-order chi connectivity index (χ1) is 18.1. The molecule has 6 nitrogen and oxygen atoms in total. The molecule has 0 fully saturated rings. The van der Waals surface area contributed by atoms with Gasteiger partial charge in [-0.1, -0.05) is 31.5 Å². The van der Waals surface area contributed by atoms with E-state index in [1.165, 1.54) is 23.3 Å². The molecule has 2 aromatic heterocycles. The quantitative estimate of drug-likeness (QED) is 0.211. The number of methoxy groups -OCH3 is 1. The summed E-state index contributed by atoms with van der Waals surface area (Å²) < 4.78 is 10.8. The number of fused-ring (bicyclic) bond motifs is 2. The van der Waals surface area contributed by atoms with Crippen LogP contribution in [0.15, 0.2) is 54.6 Å². The summed E-state index contributed by atoms with van der Waals surface area (Å²) in [5, 5.41) is 4.37. The van der Waals surface area contributed by atoms with Crippen molar-refractivity contribution in [2.45, 2.75) is 45.4 Å². The monoisotopic (exact) mass is 514 g/mol. The van der Waals surface area contributed by atoms with Crippen LogP contribution < -0.4 is 10.1 Å². The molecule has 37 heavy (non-hydrogen) atoms. The number of pyridine rings is 1. The first kappa shape index (κ1) is 25.0. The van der Waals surface area contributed by atoms with E-state index in [-0.39, 0.29) is 5.91 Å². The zero-order valence-electron chi connectivity index (χ0n) is 21.1. The van der Waals surface area contributed by atoms with Gasteiger partial charge in [-0.15, -0.1) is 11.3 Å². The zero-order chi connectivity index (χ0) is 25.8. The topological polar surface area (TPSA) is 77.5 Å². The van der Waals surface area contributed by atoms with Crippen LogP contribution in [0.5, 0.6) is 5.75 Å². The summed E-state index contributed by atoms with van der Waals surface area (Å²) in [6, 6.07) is 17.2. The minimum atomic E-state index is -0.402. The van der Waals surface area contributed by atoms with Crippen molar-refractivity contribution >= 4 is 39.1 Å². The Hall–Kier alpha value is -3.71. The average Bonchev–Trinajstić information content (AvgIpc) is 3.10. The number of amides is 1. The fourth-order valence-corrected chi connectivity index (χ4v) is 6.04. The minimum Gasteiger partial charge on any atom is -0.494 e. The number of rotatable bonds is 7. The first-order valence-electron chi connectivity index (χ1n) is 12.8. The summed E-state index contributed by atoms with van der Waals surface area (Å²) in [6.45, 7) is 2.73. The molecule has 2 aromatic carbocycles. The van der Waals surface area contributed by atoms with Gasteiger partial charge in [0.1, 0.15) is 10.8 Å². The highest BCUT2D eigenvalue weighted by atomic mass is 32.1. The van der Waals surface area contributed by atoms with Crippen LogP contribution >= 0.6 is 11.3 Å². The predicted molar refractivity (Wildman–Crippen MR) is 148 cm³/mol. The maximum atomic E-state index is 13.7. The lowest BCUT2D eigenvalue weighted by Gasteiger charge is -2.12. The van der Waals surface area contributed by atoms with Crippen LogP contribution in [0.2, 0.25) is 0 Å². The van der Waals surface area contributed by atoms with Crippen molar-refractivity contribution in [1.82, 2.24) is 4.98 Å². The van der Waals surface area contributed by atoms with Crippen molar-refractivity contribution in [3.63, 3.8) is 0 Å². The number of aromatic nitrogens is 1. The molecule has 0 aliphatic heterocycles. The lowest BCUT2D eigenvalue weighted by Crippen LogP contribution is -2.15. The van der Waals surface area contributed by atoms with E-state index in [2.05, 4.69) is 12.2 Å². The Bertz CT molecular complexity index is 1440. The van der Waals surface area contributed by atoms with Crippen molar-refractivity contribution in [3.05, 3.63) is 76.2 Å². The molecule has 1 amide bonds. The number of esters is 1. The van der Waals surface area contributed by atoms with E-state index < -0.39 is 5.97 Å². The number of para-hydroxylation sites is 1. The Morgan fingerprint density at radius 1 is 1.03 bits per heavy atom. The summed E-state index contributed by atoms with van der Waals surface area (Å²) in [6.07, 6.45) is 5.94. The van der Waals surface area contributed by atoms with Crippen LogP contribution in [0, 0.1) is 0 Å². The summed E-state index contributed by atoms with van der Waals surface area (Å²) in [5.74, 6) is 0.127. The maximum absolute atomic E-state index is 13.7. The van der Waals surface area contributed by atoms with Gasteiger partial charge in [-0.05, 0) is 74.1 Å². The zero-order valence-corrected chi connectivity index (χ0v) is 22.0. The molecule has 0 radical (unpaired) electrons. The first-order valence-corrected chi connectivity index (χ1v) is 13.6. The van der Waals surface area contributed by atoms with E-state index in [0.717, 1.165) is 66.3 Å². The Morgan fingerprint density at radius 3 is 2.59 bits per heavy atom. The third-order valence-corrected chi connectivity index (χ3v) is 7.83. The highest BCUT2D eigenvalue weighted by Crippen LogP contribution is 2.38. The molecule has 1 aliphatic carbocycles. The second kappa shape index (κ2) is 11.1. The number of nitrogens with zero attached hydrogens (tertiary/aromatic N) is 1. The van der Waals surface area contributed by atoms with E-state index in [1.807, 2.05) is 54.6 Å². The molecular formula is C30H30N2O4S.